The van der Waals surface area contributed by atoms with E-state index in [0.29, 0.717) is 5.56 Å². The second-order valence-corrected chi connectivity index (χ2v) is 10.0. The lowest BCUT2D eigenvalue weighted by Gasteiger charge is -2.37. The van der Waals surface area contributed by atoms with Crippen molar-refractivity contribution in [3.05, 3.63) is 83.9 Å². The van der Waals surface area contributed by atoms with Crippen LogP contribution in [-0.2, 0) is 0 Å². The summed E-state index contributed by atoms with van der Waals surface area (Å²) in [7, 11) is 4.02. The number of anilines is 3. The summed E-state index contributed by atoms with van der Waals surface area (Å²) in [5.41, 5.74) is 5.48. The summed E-state index contributed by atoms with van der Waals surface area (Å²) in [5, 5.41) is 2.98. The van der Waals surface area contributed by atoms with Gasteiger partial charge in [-0.25, -0.2) is 0 Å². The fourth-order valence-electron chi connectivity index (χ4n) is 3.88. The van der Waals surface area contributed by atoms with Crippen LogP contribution in [0.4, 0.5) is 22.7 Å². The third-order valence-corrected chi connectivity index (χ3v) is 6.69. The van der Waals surface area contributed by atoms with Crippen molar-refractivity contribution >= 4 is 60.1 Å². The quantitative estimate of drug-likeness (QED) is 0.240. The number of hydrogen-bond acceptors (Lipinski definition) is 7. The van der Waals surface area contributed by atoms with E-state index in [0.717, 1.165) is 54.5 Å². The first-order valence-electron chi connectivity index (χ1n) is 11.6. The predicted octanol–water partition coefficient (Wildman–Crippen LogP) is 5.02. The molecule has 0 aliphatic carbocycles. The molecule has 1 heterocycles. The number of carbonyl (C=O) groups excluding carboxylic acids is 1. The van der Waals surface area contributed by atoms with Crippen LogP contribution >= 0.6 is 25.3 Å². The molecule has 1 fully saturated rings. The first-order valence-corrected chi connectivity index (χ1v) is 12.6. The third-order valence-electron chi connectivity index (χ3n) is 6.03. The van der Waals surface area contributed by atoms with E-state index in [9.17, 15) is 4.79 Å². The topological polar surface area (TPSA) is 51.2 Å². The standard InChI is InChI=1S/C27H31N5OS2/c1-30(2)24-11-7-22(8-12-24)28-19-20-3-5-21(6-4-20)26(33)29-23-9-13-25(14-10-23)31-15-17-32(18-16-31)27(34)35/h3-14,19,27,34-35H,15-18H2,1-2H3,(H,29,33). The lowest BCUT2D eigenvalue weighted by Crippen LogP contribution is -2.47. The number of nitrogens with zero attached hydrogens (tertiary/aromatic N) is 4. The molecule has 3 aromatic carbocycles. The zero-order chi connectivity index (χ0) is 24.8. The average Bonchev–Trinajstić information content (AvgIpc) is 2.88. The van der Waals surface area contributed by atoms with Crippen molar-refractivity contribution in [2.24, 2.45) is 4.99 Å². The molecule has 1 saturated heterocycles. The summed E-state index contributed by atoms with van der Waals surface area (Å²) in [6.45, 7) is 3.72. The maximum absolute atomic E-state index is 12.7. The highest BCUT2D eigenvalue weighted by molar-refractivity contribution is 7.99. The Morgan fingerprint density at radius 1 is 0.914 bits per heavy atom. The van der Waals surface area contributed by atoms with E-state index in [1.807, 2.05) is 74.8 Å². The molecule has 0 radical (unpaired) electrons. The monoisotopic (exact) mass is 505 g/mol. The second kappa shape index (κ2) is 11.7. The van der Waals surface area contributed by atoms with Crippen LogP contribution in [-0.4, -0.2) is 62.0 Å². The van der Waals surface area contributed by atoms with Crippen molar-refractivity contribution in [1.29, 1.82) is 0 Å². The molecule has 0 spiro atoms. The van der Waals surface area contributed by atoms with Crippen molar-refractivity contribution in [2.75, 3.05) is 55.4 Å². The predicted molar refractivity (Wildman–Crippen MR) is 154 cm³/mol. The summed E-state index contributed by atoms with van der Waals surface area (Å²) >= 11 is 8.79. The Morgan fingerprint density at radius 2 is 1.54 bits per heavy atom. The Hall–Kier alpha value is -2.94. The van der Waals surface area contributed by atoms with Gasteiger partial charge in [0.25, 0.3) is 5.91 Å². The molecule has 1 N–H and O–H groups in total. The van der Waals surface area contributed by atoms with E-state index in [2.05, 4.69) is 62.4 Å². The summed E-state index contributed by atoms with van der Waals surface area (Å²) in [6, 6.07) is 23.5. The van der Waals surface area contributed by atoms with Crippen LogP contribution in [0.15, 0.2) is 77.8 Å². The van der Waals surface area contributed by atoms with Crippen LogP contribution in [0, 0.1) is 0 Å². The molecule has 1 aliphatic heterocycles. The van der Waals surface area contributed by atoms with Crippen molar-refractivity contribution in [3.8, 4) is 0 Å². The van der Waals surface area contributed by atoms with Crippen LogP contribution in [0.25, 0.3) is 0 Å². The van der Waals surface area contributed by atoms with Gasteiger partial charge in [-0.3, -0.25) is 14.7 Å². The van der Waals surface area contributed by atoms with Crippen LogP contribution in [0.5, 0.6) is 0 Å². The molecular weight excluding hydrogens is 474 g/mol. The molecule has 0 saturated carbocycles. The van der Waals surface area contributed by atoms with Crippen molar-refractivity contribution < 1.29 is 4.79 Å². The van der Waals surface area contributed by atoms with Gasteiger partial charge in [-0.15, -0.1) is 25.3 Å². The van der Waals surface area contributed by atoms with Gasteiger partial charge in [0.1, 0.15) is 0 Å². The molecule has 1 amide bonds. The fourth-order valence-corrected chi connectivity index (χ4v) is 4.34. The number of carbonyl (C=O) groups is 1. The largest absolute Gasteiger partial charge is 0.378 e. The minimum Gasteiger partial charge on any atom is -0.378 e. The number of hydrogen-bond donors (Lipinski definition) is 3. The van der Waals surface area contributed by atoms with Crippen LogP contribution in [0.3, 0.4) is 0 Å². The molecule has 182 valence electrons. The van der Waals surface area contributed by atoms with Gasteiger partial charge in [-0.05, 0) is 66.2 Å². The van der Waals surface area contributed by atoms with Gasteiger partial charge in [0.2, 0.25) is 0 Å². The van der Waals surface area contributed by atoms with Crippen molar-refractivity contribution in [1.82, 2.24) is 4.90 Å². The molecule has 35 heavy (non-hydrogen) atoms. The normalized spacial score (nSPS) is 14.5. The van der Waals surface area contributed by atoms with Crippen molar-refractivity contribution in [3.63, 3.8) is 0 Å². The highest BCUT2D eigenvalue weighted by Crippen LogP contribution is 2.22. The summed E-state index contributed by atoms with van der Waals surface area (Å²) in [5.74, 6) is -0.136. The Bertz CT molecular complexity index is 1140. The second-order valence-electron chi connectivity index (χ2n) is 8.66. The van der Waals surface area contributed by atoms with Gasteiger partial charge in [0, 0.05) is 69.1 Å². The lowest BCUT2D eigenvalue weighted by molar-refractivity contribution is 0.102. The number of rotatable bonds is 7. The van der Waals surface area contributed by atoms with E-state index in [-0.39, 0.29) is 10.6 Å². The Balaban J connectivity index is 1.31. The molecule has 0 atom stereocenters. The molecule has 0 bridgehead atoms. The minimum atomic E-state index is -0.136. The summed E-state index contributed by atoms with van der Waals surface area (Å²) in [6.07, 6.45) is 1.80. The minimum absolute atomic E-state index is 0.0171. The first kappa shape index (κ1) is 25.2. The molecule has 8 heteroatoms. The average molecular weight is 506 g/mol. The lowest BCUT2D eigenvalue weighted by atomic mass is 10.1. The number of nitrogens with one attached hydrogen (secondary N) is 1. The van der Waals surface area contributed by atoms with Crippen LogP contribution < -0.4 is 15.1 Å². The number of thiol groups is 2. The van der Waals surface area contributed by atoms with Gasteiger partial charge in [0.15, 0.2) is 0 Å². The van der Waals surface area contributed by atoms with E-state index < -0.39 is 0 Å². The van der Waals surface area contributed by atoms with Gasteiger partial charge >= 0.3 is 0 Å². The van der Waals surface area contributed by atoms with Crippen LogP contribution in [0.2, 0.25) is 0 Å². The van der Waals surface area contributed by atoms with Gasteiger partial charge in [-0.2, -0.15) is 0 Å². The smallest absolute Gasteiger partial charge is 0.255 e. The first-order chi connectivity index (χ1) is 16.9. The molecular formula is C27H31N5OS2. The zero-order valence-corrected chi connectivity index (χ0v) is 21.8. The Morgan fingerprint density at radius 3 is 2.11 bits per heavy atom. The van der Waals surface area contributed by atoms with E-state index in [1.165, 1.54) is 0 Å². The van der Waals surface area contributed by atoms with E-state index in [4.69, 9.17) is 0 Å². The number of aliphatic imine (C=N–C) groups is 1. The van der Waals surface area contributed by atoms with E-state index >= 15 is 0 Å². The number of benzene rings is 3. The maximum Gasteiger partial charge on any atom is 0.255 e. The molecule has 0 aromatic heterocycles. The Labute approximate surface area is 218 Å². The van der Waals surface area contributed by atoms with E-state index in [1.54, 1.807) is 6.21 Å². The molecule has 3 aromatic rings. The van der Waals surface area contributed by atoms with Crippen molar-refractivity contribution in [2.45, 2.75) is 4.71 Å². The van der Waals surface area contributed by atoms with Gasteiger partial charge < -0.3 is 15.1 Å². The molecule has 1 aliphatic rings. The molecule has 0 unspecified atom stereocenters. The summed E-state index contributed by atoms with van der Waals surface area (Å²) in [4.78, 5) is 23.8. The van der Waals surface area contributed by atoms with Gasteiger partial charge in [-0.1, -0.05) is 12.1 Å². The zero-order valence-electron chi connectivity index (χ0n) is 20.0. The van der Waals surface area contributed by atoms with Gasteiger partial charge in [0.05, 0.1) is 10.4 Å². The maximum atomic E-state index is 12.7. The highest BCUT2D eigenvalue weighted by Gasteiger charge is 2.19. The highest BCUT2D eigenvalue weighted by atomic mass is 32.2. The fraction of sp³-hybridized carbons (Fsp3) is 0.259. The third kappa shape index (κ3) is 6.81. The summed E-state index contributed by atoms with van der Waals surface area (Å²) < 4.78 is -0.0171. The molecule has 6 nitrogen and oxygen atoms in total. The SMILES string of the molecule is CN(C)c1ccc(N=Cc2ccc(C(=O)Nc3ccc(N4CCN(C(S)S)CC4)cc3)cc2)cc1. The number of piperazine rings is 1. The van der Waals surface area contributed by atoms with Crippen LogP contribution in [0.1, 0.15) is 15.9 Å². The number of amides is 1. The Kier molecular flexibility index (Phi) is 8.38. The molecule has 4 rings (SSSR count).